The van der Waals surface area contributed by atoms with Crippen LogP contribution in [-0.2, 0) is 11.2 Å². The molecule has 0 aliphatic carbocycles. The molecule has 0 N–H and O–H groups in total. The molecule has 4 heteroatoms. The first kappa shape index (κ1) is 12.2. The number of esters is 1. The average Bonchev–Trinajstić information content (AvgIpc) is 2.43. The van der Waals surface area contributed by atoms with E-state index in [1.54, 1.807) is 0 Å². The Morgan fingerprint density at radius 2 is 1.89 bits per heavy atom. The van der Waals surface area contributed by atoms with Gasteiger partial charge in [0.1, 0.15) is 11.9 Å². The molecule has 96 valence electrons. The largest absolute Gasteiger partial charge is 0.453 e. The van der Waals surface area contributed by atoms with Gasteiger partial charge in [-0.15, -0.1) is 0 Å². The Bertz CT molecular complexity index is 640. The van der Waals surface area contributed by atoms with Crippen molar-refractivity contribution < 1.29 is 13.9 Å². The van der Waals surface area contributed by atoms with Crippen molar-refractivity contribution in [2.24, 2.45) is 0 Å². The molecule has 1 aliphatic heterocycles. The number of ether oxygens (including phenoxy) is 1. The standard InChI is InChI=1S/C15H10ClFO2/c16-11-6-7-12(17)10-8-13(19-15(18)14(10)11)9-4-2-1-3-5-9/h1-7,13H,8H2. The predicted octanol–water partition coefficient (Wildman–Crippen LogP) is 3.93. The third-order valence-electron chi connectivity index (χ3n) is 3.22. The Morgan fingerprint density at radius 1 is 1.16 bits per heavy atom. The molecule has 1 aliphatic rings. The molecule has 1 unspecified atom stereocenters. The van der Waals surface area contributed by atoms with Crippen LogP contribution in [0.1, 0.15) is 27.6 Å². The third-order valence-corrected chi connectivity index (χ3v) is 3.53. The molecule has 0 spiro atoms. The van der Waals surface area contributed by atoms with Gasteiger partial charge < -0.3 is 4.74 Å². The average molecular weight is 277 g/mol. The van der Waals surface area contributed by atoms with Gasteiger partial charge in [0.05, 0.1) is 10.6 Å². The fraction of sp³-hybridized carbons (Fsp3) is 0.133. The fourth-order valence-electron chi connectivity index (χ4n) is 2.28. The molecule has 0 saturated carbocycles. The van der Waals surface area contributed by atoms with Crippen molar-refractivity contribution in [3.05, 3.63) is 70.0 Å². The third kappa shape index (κ3) is 2.10. The van der Waals surface area contributed by atoms with E-state index in [1.807, 2.05) is 30.3 Å². The number of halogens is 2. The van der Waals surface area contributed by atoms with Gasteiger partial charge in [0.25, 0.3) is 0 Å². The van der Waals surface area contributed by atoms with Crippen molar-refractivity contribution in [1.29, 1.82) is 0 Å². The molecule has 0 saturated heterocycles. The van der Waals surface area contributed by atoms with Crippen molar-refractivity contribution in [2.75, 3.05) is 0 Å². The smallest absolute Gasteiger partial charge is 0.340 e. The number of carbonyl (C=O) groups excluding carboxylic acids is 1. The summed E-state index contributed by atoms with van der Waals surface area (Å²) in [4.78, 5) is 12.0. The van der Waals surface area contributed by atoms with Crippen LogP contribution in [0.5, 0.6) is 0 Å². The number of rotatable bonds is 1. The van der Waals surface area contributed by atoms with E-state index in [0.29, 0.717) is 12.0 Å². The van der Waals surface area contributed by atoms with Crippen LogP contribution in [0.15, 0.2) is 42.5 Å². The molecule has 1 heterocycles. The van der Waals surface area contributed by atoms with Crippen LogP contribution < -0.4 is 0 Å². The van der Waals surface area contributed by atoms with E-state index < -0.39 is 17.9 Å². The van der Waals surface area contributed by atoms with Crippen LogP contribution in [0.3, 0.4) is 0 Å². The van der Waals surface area contributed by atoms with Crippen LogP contribution in [-0.4, -0.2) is 5.97 Å². The second-order valence-corrected chi connectivity index (χ2v) is 4.80. The lowest BCUT2D eigenvalue weighted by Crippen LogP contribution is -2.23. The van der Waals surface area contributed by atoms with Crippen molar-refractivity contribution >= 4 is 17.6 Å². The highest BCUT2D eigenvalue weighted by Crippen LogP contribution is 2.35. The predicted molar refractivity (Wildman–Crippen MR) is 69.7 cm³/mol. The van der Waals surface area contributed by atoms with Crippen molar-refractivity contribution in [3.8, 4) is 0 Å². The lowest BCUT2D eigenvalue weighted by molar-refractivity contribution is 0.0248. The highest BCUT2D eigenvalue weighted by molar-refractivity contribution is 6.33. The summed E-state index contributed by atoms with van der Waals surface area (Å²) in [5.41, 5.74) is 1.33. The summed E-state index contributed by atoms with van der Waals surface area (Å²) < 4.78 is 19.2. The van der Waals surface area contributed by atoms with Gasteiger partial charge in [-0.3, -0.25) is 0 Å². The fourth-order valence-corrected chi connectivity index (χ4v) is 2.54. The lowest BCUT2D eigenvalue weighted by Gasteiger charge is -2.25. The van der Waals surface area contributed by atoms with E-state index in [0.717, 1.165) is 5.56 Å². The molecule has 3 rings (SSSR count). The zero-order valence-electron chi connectivity index (χ0n) is 9.90. The minimum atomic E-state index is -0.570. The molecule has 0 amide bonds. The van der Waals surface area contributed by atoms with Crippen LogP contribution >= 0.6 is 11.6 Å². The number of benzene rings is 2. The van der Waals surface area contributed by atoms with Gasteiger partial charge in [-0.25, -0.2) is 9.18 Å². The quantitative estimate of drug-likeness (QED) is 0.738. The Morgan fingerprint density at radius 3 is 2.63 bits per heavy atom. The van der Waals surface area contributed by atoms with Crippen LogP contribution in [0.2, 0.25) is 5.02 Å². The summed E-state index contributed by atoms with van der Waals surface area (Å²) in [5.74, 6) is -0.989. The second-order valence-electron chi connectivity index (χ2n) is 4.39. The summed E-state index contributed by atoms with van der Waals surface area (Å²) >= 11 is 5.94. The Balaban J connectivity index is 2.05. The number of fused-ring (bicyclic) bond motifs is 1. The summed E-state index contributed by atoms with van der Waals surface area (Å²) in [5, 5.41) is 0.230. The molecule has 2 aromatic carbocycles. The van der Waals surface area contributed by atoms with Gasteiger partial charge in [0.15, 0.2) is 0 Å². The van der Waals surface area contributed by atoms with Crippen molar-refractivity contribution in [2.45, 2.75) is 12.5 Å². The number of carbonyl (C=O) groups is 1. The van der Waals surface area contributed by atoms with Crippen LogP contribution in [0.4, 0.5) is 4.39 Å². The first-order valence-corrected chi connectivity index (χ1v) is 6.27. The van der Waals surface area contributed by atoms with Crippen molar-refractivity contribution in [3.63, 3.8) is 0 Å². The number of hydrogen-bond donors (Lipinski definition) is 0. The molecule has 0 bridgehead atoms. The van der Waals surface area contributed by atoms with Crippen LogP contribution in [0, 0.1) is 5.82 Å². The van der Waals surface area contributed by atoms with E-state index in [2.05, 4.69) is 0 Å². The Kier molecular flexibility index (Phi) is 2.99. The molecule has 2 nitrogen and oxygen atoms in total. The normalized spacial score (nSPS) is 17.8. The molecule has 0 radical (unpaired) electrons. The van der Waals surface area contributed by atoms with Gasteiger partial charge in [-0.1, -0.05) is 41.9 Å². The highest BCUT2D eigenvalue weighted by atomic mass is 35.5. The lowest BCUT2D eigenvalue weighted by atomic mass is 9.94. The molecular formula is C15H10ClFO2. The number of cyclic esters (lactones) is 1. The van der Waals surface area contributed by atoms with E-state index in [9.17, 15) is 9.18 Å². The monoisotopic (exact) mass is 276 g/mol. The van der Waals surface area contributed by atoms with Crippen LogP contribution in [0.25, 0.3) is 0 Å². The van der Waals surface area contributed by atoms with Gasteiger partial charge in [0, 0.05) is 12.0 Å². The van der Waals surface area contributed by atoms with E-state index in [4.69, 9.17) is 16.3 Å². The molecular weight excluding hydrogens is 267 g/mol. The second kappa shape index (κ2) is 4.67. The molecule has 2 aromatic rings. The number of hydrogen-bond acceptors (Lipinski definition) is 2. The van der Waals surface area contributed by atoms with Gasteiger partial charge in [-0.2, -0.15) is 0 Å². The maximum atomic E-state index is 13.8. The summed E-state index contributed by atoms with van der Waals surface area (Å²) in [6.45, 7) is 0. The minimum Gasteiger partial charge on any atom is -0.453 e. The first-order valence-electron chi connectivity index (χ1n) is 5.89. The maximum absolute atomic E-state index is 13.8. The molecule has 0 aromatic heterocycles. The summed E-state index contributed by atoms with van der Waals surface area (Å²) in [7, 11) is 0. The molecule has 19 heavy (non-hydrogen) atoms. The first-order chi connectivity index (χ1) is 9.16. The molecule has 0 fully saturated rings. The van der Waals surface area contributed by atoms with E-state index in [1.165, 1.54) is 12.1 Å². The van der Waals surface area contributed by atoms with Crippen molar-refractivity contribution in [1.82, 2.24) is 0 Å². The minimum absolute atomic E-state index is 0.147. The van der Waals surface area contributed by atoms with E-state index in [-0.39, 0.29) is 10.6 Å². The maximum Gasteiger partial charge on any atom is 0.340 e. The van der Waals surface area contributed by atoms with E-state index >= 15 is 0 Å². The highest BCUT2D eigenvalue weighted by Gasteiger charge is 2.31. The van der Waals surface area contributed by atoms with Gasteiger partial charge in [0.2, 0.25) is 0 Å². The topological polar surface area (TPSA) is 26.3 Å². The summed E-state index contributed by atoms with van der Waals surface area (Å²) in [6.07, 6.45) is -0.161. The Labute approximate surface area is 114 Å². The SMILES string of the molecule is O=C1OC(c2ccccc2)Cc2c(F)ccc(Cl)c21. The zero-order valence-corrected chi connectivity index (χ0v) is 10.7. The molecule has 1 atom stereocenters. The Hall–Kier alpha value is -1.87. The van der Waals surface area contributed by atoms with Gasteiger partial charge >= 0.3 is 5.97 Å². The summed E-state index contributed by atoms with van der Waals surface area (Å²) in [6, 6.07) is 11.9. The van der Waals surface area contributed by atoms with Gasteiger partial charge in [-0.05, 0) is 17.7 Å². The zero-order chi connectivity index (χ0) is 13.4.